The van der Waals surface area contributed by atoms with Crippen molar-refractivity contribution in [2.45, 2.75) is 105 Å². The molecule has 1 heterocycles. The van der Waals surface area contributed by atoms with Crippen molar-refractivity contribution in [3.8, 4) is 111 Å². The number of nitrogens with zero attached hydrogens (tertiary/aromatic N) is 1. The quantitative estimate of drug-likeness (QED) is 0.148. The Balaban J connectivity index is 1.07. The van der Waals surface area contributed by atoms with E-state index in [-0.39, 0.29) is 21.7 Å². The minimum Gasteiger partial charge on any atom is -0.248 e. The highest BCUT2D eigenvalue weighted by atomic mass is 14.7. The first kappa shape index (κ1) is 52.3. The average Bonchev–Trinajstić information content (AvgIpc) is 3.96. The average molecular weight is 1040 g/mol. The second-order valence-corrected chi connectivity index (χ2v) is 26.6. The Bertz CT molecular complexity index is 3810. The van der Waals surface area contributed by atoms with Crippen molar-refractivity contribution < 1.29 is 0 Å². The van der Waals surface area contributed by atoms with E-state index < -0.39 is 0 Å². The molecule has 80 heavy (non-hydrogen) atoms. The van der Waals surface area contributed by atoms with Gasteiger partial charge in [-0.15, -0.1) is 0 Å². The molecule has 0 N–H and O–H groups in total. The van der Waals surface area contributed by atoms with Crippen LogP contribution < -0.4 is 0 Å². The van der Waals surface area contributed by atoms with Crippen LogP contribution in [-0.2, 0) is 21.7 Å². The molecule has 0 spiro atoms. The maximum Gasteiger partial charge on any atom is 0.0722 e. The standard InChI is InChI=1S/C79H73N/c1-76(2,3)65-31-23-50(24-32-65)56-40-57(51-25-33-66(34-26-51)77(4,5)6)43-61(42-56)63-46-60(54-17-15-18-55(39-54)74-49-72-70-20-14-13-19-69(70)71-21-16-22-73(80-74)75(71)72)47-64(48-63)62-44-58(52-27-35-67(36-28-52)78(7,8)9)41-59(45-62)53-29-37-68(38-30-53)79(10,11)12/h13-49H,1-12H3. The van der Waals surface area contributed by atoms with Gasteiger partial charge in [-0.1, -0.05) is 235 Å². The Labute approximate surface area is 476 Å². The van der Waals surface area contributed by atoms with E-state index in [0.717, 1.165) is 50.2 Å². The monoisotopic (exact) mass is 1040 g/mol. The van der Waals surface area contributed by atoms with E-state index in [1.54, 1.807) is 0 Å². The number of aromatic nitrogens is 1. The fraction of sp³-hybridized carbons (Fsp3) is 0.203. The molecular formula is C79H73N. The summed E-state index contributed by atoms with van der Waals surface area (Å²) in [5.41, 5.74) is 30.1. The van der Waals surface area contributed by atoms with Crippen LogP contribution in [0.15, 0.2) is 224 Å². The first-order valence-electron chi connectivity index (χ1n) is 28.6. The summed E-state index contributed by atoms with van der Waals surface area (Å²) in [6.45, 7) is 27.4. The van der Waals surface area contributed by atoms with Crippen LogP contribution in [0.2, 0.25) is 0 Å². The van der Waals surface area contributed by atoms with Crippen LogP contribution in [0.4, 0.5) is 0 Å². The molecule has 12 rings (SSSR count). The van der Waals surface area contributed by atoms with Crippen LogP contribution >= 0.6 is 0 Å². The number of hydrogen-bond acceptors (Lipinski definition) is 1. The zero-order valence-electron chi connectivity index (χ0n) is 48.8. The van der Waals surface area contributed by atoms with Gasteiger partial charge in [0.2, 0.25) is 0 Å². The minimum absolute atomic E-state index is 0.0494. The molecule has 1 aromatic heterocycles. The fourth-order valence-corrected chi connectivity index (χ4v) is 11.7. The van der Waals surface area contributed by atoms with Gasteiger partial charge in [0.25, 0.3) is 0 Å². The Morgan fingerprint density at radius 2 is 0.487 bits per heavy atom. The molecule has 0 unspecified atom stereocenters. The van der Waals surface area contributed by atoms with Crippen molar-refractivity contribution in [2.24, 2.45) is 0 Å². The second kappa shape index (κ2) is 19.8. The van der Waals surface area contributed by atoms with Crippen molar-refractivity contribution >= 4 is 10.9 Å². The molecule has 1 aliphatic rings. The van der Waals surface area contributed by atoms with E-state index in [0.29, 0.717) is 0 Å². The van der Waals surface area contributed by atoms with E-state index in [9.17, 15) is 0 Å². The molecule has 0 fully saturated rings. The Morgan fingerprint density at radius 3 is 0.838 bits per heavy atom. The van der Waals surface area contributed by atoms with Gasteiger partial charge >= 0.3 is 0 Å². The summed E-state index contributed by atoms with van der Waals surface area (Å²) in [5, 5.41) is 1.24. The third kappa shape index (κ3) is 10.3. The van der Waals surface area contributed by atoms with Gasteiger partial charge in [-0.25, -0.2) is 4.98 Å². The summed E-state index contributed by atoms with van der Waals surface area (Å²) >= 11 is 0. The van der Waals surface area contributed by atoms with Crippen molar-refractivity contribution in [1.29, 1.82) is 0 Å². The molecule has 0 atom stereocenters. The molecular weight excluding hydrogens is 963 g/mol. The lowest BCUT2D eigenvalue weighted by Crippen LogP contribution is -2.10. The molecule has 10 aromatic carbocycles. The largest absolute Gasteiger partial charge is 0.248 e. The first-order valence-corrected chi connectivity index (χ1v) is 28.6. The summed E-state index contributed by atoms with van der Waals surface area (Å²) in [4.78, 5) is 5.38. The van der Waals surface area contributed by atoms with Gasteiger partial charge in [-0.2, -0.15) is 0 Å². The van der Waals surface area contributed by atoms with Crippen LogP contribution in [-0.4, -0.2) is 4.98 Å². The minimum atomic E-state index is 0.0494. The Hall–Kier alpha value is -8.39. The SMILES string of the molecule is CC(C)(C)c1ccc(-c2cc(-c3ccc(C(C)(C)C)cc3)cc(-c3cc(-c4cc(-c5ccc(C(C)(C)C)cc5)cc(-c5ccc(C(C)(C)C)cc5)c4)cc(-c4cccc(-c5cc6c7c(cccc7n5)-c5ccccc5-6)c4)c3)c2)cc1. The lowest BCUT2D eigenvalue weighted by molar-refractivity contribution is 0.590. The van der Waals surface area contributed by atoms with E-state index in [2.05, 4.69) is 308 Å². The third-order valence-corrected chi connectivity index (χ3v) is 16.6. The van der Waals surface area contributed by atoms with Crippen LogP contribution in [0.3, 0.4) is 0 Å². The molecule has 0 bridgehead atoms. The van der Waals surface area contributed by atoms with Crippen molar-refractivity contribution in [3.63, 3.8) is 0 Å². The van der Waals surface area contributed by atoms with Crippen molar-refractivity contribution in [2.75, 3.05) is 0 Å². The topological polar surface area (TPSA) is 12.9 Å². The smallest absolute Gasteiger partial charge is 0.0722 e. The molecule has 394 valence electrons. The number of benzene rings is 10. The van der Waals surface area contributed by atoms with Crippen LogP contribution in [0.25, 0.3) is 122 Å². The summed E-state index contributed by atoms with van der Waals surface area (Å²) in [7, 11) is 0. The number of rotatable bonds is 8. The van der Waals surface area contributed by atoms with E-state index in [1.165, 1.54) is 94.4 Å². The van der Waals surface area contributed by atoms with Crippen LogP contribution in [0, 0.1) is 0 Å². The number of pyridine rings is 1. The Kier molecular flexibility index (Phi) is 12.9. The summed E-state index contributed by atoms with van der Waals surface area (Å²) in [6.07, 6.45) is 0. The van der Waals surface area contributed by atoms with Gasteiger partial charge < -0.3 is 0 Å². The highest BCUT2D eigenvalue weighted by Gasteiger charge is 2.24. The highest BCUT2D eigenvalue weighted by molar-refractivity contribution is 6.15. The second-order valence-electron chi connectivity index (χ2n) is 26.6. The summed E-state index contributed by atoms with van der Waals surface area (Å²) < 4.78 is 0. The van der Waals surface area contributed by atoms with Crippen molar-refractivity contribution in [1.82, 2.24) is 4.98 Å². The number of hydrogen-bond donors (Lipinski definition) is 0. The van der Waals surface area contributed by atoms with Crippen LogP contribution in [0.1, 0.15) is 105 Å². The predicted molar refractivity (Wildman–Crippen MR) is 344 cm³/mol. The summed E-state index contributed by atoms with van der Waals surface area (Å²) in [5.74, 6) is 0. The van der Waals surface area contributed by atoms with Gasteiger partial charge in [0.05, 0.1) is 11.2 Å². The normalized spacial score (nSPS) is 12.5. The van der Waals surface area contributed by atoms with Gasteiger partial charge in [0, 0.05) is 10.9 Å². The van der Waals surface area contributed by atoms with E-state index >= 15 is 0 Å². The van der Waals surface area contributed by atoms with Gasteiger partial charge in [-0.05, 0) is 217 Å². The lowest BCUT2D eigenvalue weighted by Gasteiger charge is -2.20. The van der Waals surface area contributed by atoms with Crippen molar-refractivity contribution in [3.05, 3.63) is 247 Å². The molecule has 11 aromatic rings. The summed E-state index contributed by atoms with van der Waals surface area (Å²) in [6, 6.07) is 85.2. The lowest BCUT2D eigenvalue weighted by atomic mass is 9.84. The molecule has 0 saturated heterocycles. The Morgan fingerprint density at radius 1 is 0.212 bits per heavy atom. The third-order valence-electron chi connectivity index (χ3n) is 16.6. The zero-order valence-corrected chi connectivity index (χ0v) is 48.8. The molecule has 1 nitrogen and oxygen atoms in total. The molecule has 1 heteroatoms. The number of fused-ring (bicyclic) bond motifs is 3. The maximum absolute atomic E-state index is 5.38. The molecule has 0 aliphatic heterocycles. The molecule has 0 saturated carbocycles. The first-order chi connectivity index (χ1) is 38.1. The van der Waals surface area contributed by atoms with Gasteiger partial charge in [0.1, 0.15) is 0 Å². The molecule has 1 aliphatic carbocycles. The zero-order chi connectivity index (χ0) is 55.9. The van der Waals surface area contributed by atoms with Gasteiger partial charge in [-0.3, -0.25) is 0 Å². The molecule has 0 amide bonds. The predicted octanol–water partition coefficient (Wildman–Crippen LogP) is 22.4. The van der Waals surface area contributed by atoms with E-state index in [1.807, 2.05) is 0 Å². The van der Waals surface area contributed by atoms with Crippen LogP contribution in [0.5, 0.6) is 0 Å². The fourth-order valence-electron chi connectivity index (χ4n) is 11.7. The van der Waals surface area contributed by atoms with E-state index in [4.69, 9.17) is 4.98 Å². The molecule has 0 radical (unpaired) electrons. The van der Waals surface area contributed by atoms with Gasteiger partial charge in [0.15, 0.2) is 0 Å². The maximum atomic E-state index is 5.38. The highest BCUT2D eigenvalue weighted by Crippen LogP contribution is 2.48.